The zero-order valence-corrected chi connectivity index (χ0v) is 5.76. The summed E-state index contributed by atoms with van der Waals surface area (Å²) in [6, 6.07) is 0. The minimum Gasteiger partial charge on any atom is -0.512 e. The molecule has 0 amide bonds. The Morgan fingerprint density at radius 2 is 1.89 bits per heavy atom. The van der Waals surface area contributed by atoms with E-state index in [2.05, 4.69) is 4.74 Å². The third-order valence-electron chi connectivity index (χ3n) is 1.03. The summed E-state index contributed by atoms with van der Waals surface area (Å²) in [6.45, 7) is 2.94. The van der Waals surface area contributed by atoms with Gasteiger partial charge in [0.2, 0.25) is 0 Å². The molecule has 0 aromatic rings. The van der Waals surface area contributed by atoms with Crippen LogP contribution in [0.3, 0.4) is 0 Å². The first kappa shape index (κ1) is 8.01. The fraction of sp³-hybridized carbons (Fsp3) is 0.500. The molecule has 0 heterocycles. The summed E-state index contributed by atoms with van der Waals surface area (Å²) in [5.74, 6) is -0.489. The molecule has 0 aromatic heterocycles. The molecule has 0 aromatic carbocycles. The number of allylic oxidation sites excluding steroid dienone is 1. The van der Waals surface area contributed by atoms with Gasteiger partial charge in [-0.2, -0.15) is 0 Å². The van der Waals surface area contributed by atoms with Gasteiger partial charge in [0.1, 0.15) is 0 Å². The van der Waals surface area contributed by atoms with Crippen molar-refractivity contribution in [3.8, 4) is 0 Å². The molecule has 0 aliphatic carbocycles. The molecule has 0 atom stereocenters. The van der Waals surface area contributed by atoms with E-state index in [-0.39, 0.29) is 11.3 Å². The van der Waals surface area contributed by atoms with Crippen LogP contribution in [0.5, 0.6) is 0 Å². The molecule has 0 spiro atoms. The van der Waals surface area contributed by atoms with Gasteiger partial charge in [0.25, 0.3) is 0 Å². The van der Waals surface area contributed by atoms with Crippen molar-refractivity contribution in [2.75, 3.05) is 7.11 Å². The Morgan fingerprint density at radius 1 is 1.44 bits per heavy atom. The summed E-state index contributed by atoms with van der Waals surface area (Å²) in [4.78, 5) is 10.5. The largest absolute Gasteiger partial charge is 0.512 e. The van der Waals surface area contributed by atoms with Gasteiger partial charge in [-0.15, -0.1) is 0 Å². The van der Waals surface area contributed by atoms with Gasteiger partial charge in [-0.25, -0.2) is 4.79 Å². The van der Waals surface area contributed by atoms with E-state index in [0.29, 0.717) is 0 Å². The number of aliphatic hydroxyl groups excluding tert-OH is 1. The van der Waals surface area contributed by atoms with Crippen LogP contribution in [0, 0.1) is 0 Å². The van der Waals surface area contributed by atoms with Crippen molar-refractivity contribution in [2.24, 2.45) is 0 Å². The highest BCUT2D eigenvalue weighted by Gasteiger charge is 2.04. The molecule has 0 saturated carbocycles. The summed E-state index contributed by atoms with van der Waals surface area (Å²) in [5.41, 5.74) is 0.248. The molecule has 0 radical (unpaired) electrons. The second-order valence-corrected chi connectivity index (χ2v) is 1.70. The van der Waals surface area contributed by atoms with E-state index in [4.69, 9.17) is 5.11 Å². The Balaban J connectivity index is 4.21. The van der Waals surface area contributed by atoms with Crippen molar-refractivity contribution in [3.05, 3.63) is 11.3 Å². The zero-order valence-electron chi connectivity index (χ0n) is 5.76. The van der Waals surface area contributed by atoms with Crippen molar-refractivity contribution >= 4 is 5.97 Å². The third-order valence-corrected chi connectivity index (χ3v) is 1.03. The van der Waals surface area contributed by atoms with Crippen molar-refractivity contribution in [1.82, 2.24) is 0 Å². The number of rotatable bonds is 1. The van der Waals surface area contributed by atoms with Crippen LogP contribution in [0.1, 0.15) is 13.8 Å². The molecule has 1 N–H and O–H groups in total. The van der Waals surface area contributed by atoms with Crippen LogP contribution >= 0.6 is 0 Å². The van der Waals surface area contributed by atoms with Gasteiger partial charge in [0, 0.05) is 0 Å². The van der Waals surface area contributed by atoms with Gasteiger partial charge in [-0.3, -0.25) is 0 Å². The molecule has 0 saturated heterocycles. The maximum Gasteiger partial charge on any atom is 0.336 e. The highest BCUT2D eigenvalue weighted by atomic mass is 16.5. The number of methoxy groups -OCH3 is 1. The SMILES string of the molecule is COC(=O)/C(C)=C(/C)O. The van der Waals surface area contributed by atoms with Crippen LogP contribution in [-0.4, -0.2) is 18.2 Å². The first-order valence-electron chi connectivity index (χ1n) is 2.54. The van der Waals surface area contributed by atoms with Gasteiger partial charge < -0.3 is 9.84 Å². The first-order chi connectivity index (χ1) is 4.09. The minimum atomic E-state index is -0.491. The van der Waals surface area contributed by atoms with E-state index in [9.17, 15) is 4.79 Å². The number of ether oxygens (including phenoxy) is 1. The minimum absolute atomic E-state index is 0.00171. The lowest BCUT2D eigenvalue weighted by atomic mass is 10.3. The van der Waals surface area contributed by atoms with Crippen molar-refractivity contribution in [3.63, 3.8) is 0 Å². The summed E-state index contributed by atoms with van der Waals surface area (Å²) < 4.78 is 4.32. The van der Waals surface area contributed by atoms with Crippen molar-refractivity contribution in [2.45, 2.75) is 13.8 Å². The van der Waals surface area contributed by atoms with Crippen LogP contribution in [0.4, 0.5) is 0 Å². The molecule has 0 aliphatic rings. The number of hydrogen-bond acceptors (Lipinski definition) is 3. The highest BCUT2D eigenvalue weighted by molar-refractivity contribution is 5.87. The average molecular weight is 130 g/mol. The molecule has 0 fully saturated rings. The maximum atomic E-state index is 10.5. The van der Waals surface area contributed by atoms with Gasteiger partial charge in [0.15, 0.2) is 0 Å². The fourth-order valence-electron chi connectivity index (χ4n) is 0.301. The van der Waals surface area contributed by atoms with E-state index in [1.54, 1.807) is 0 Å². The molecular weight excluding hydrogens is 120 g/mol. The predicted molar refractivity (Wildman–Crippen MR) is 33.0 cm³/mol. The van der Waals surface area contributed by atoms with Gasteiger partial charge >= 0.3 is 5.97 Å². The molecule has 9 heavy (non-hydrogen) atoms. The first-order valence-corrected chi connectivity index (χ1v) is 2.54. The molecule has 0 unspecified atom stereocenters. The lowest BCUT2D eigenvalue weighted by molar-refractivity contribution is -0.136. The van der Waals surface area contributed by atoms with Crippen molar-refractivity contribution < 1.29 is 14.6 Å². The Morgan fingerprint density at radius 3 is 2.00 bits per heavy atom. The molecule has 52 valence electrons. The van der Waals surface area contributed by atoms with E-state index >= 15 is 0 Å². The monoisotopic (exact) mass is 130 g/mol. The number of aliphatic hydroxyl groups is 1. The molecule has 0 rings (SSSR count). The topological polar surface area (TPSA) is 46.5 Å². The van der Waals surface area contributed by atoms with Crippen LogP contribution in [0.25, 0.3) is 0 Å². The Kier molecular flexibility index (Phi) is 2.78. The van der Waals surface area contributed by atoms with Gasteiger partial charge in [0.05, 0.1) is 18.4 Å². The number of hydrogen-bond donors (Lipinski definition) is 1. The second-order valence-electron chi connectivity index (χ2n) is 1.70. The van der Waals surface area contributed by atoms with Gasteiger partial charge in [-0.1, -0.05) is 0 Å². The summed E-state index contributed by atoms with van der Waals surface area (Å²) in [6.07, 6.45) is 0. The lowest BCUT2D eigenvalue weighted by Gasteiger charge is -1.97. The highest BCUT2D eigenvalue weighted by Crippen LogP contribution is 1.99. The standard InChI is InChI=1S/C6H10O3/c1-4(5(2)7)6(8)9-3/h7H,1-3H3/b5-4-. The molecule has 0 aliphatic heterocycles. The lowest BCUT2D eigenvalue weighted by Crippen LogP contribution is -2.03. The predicted octanol–water partition coefficient (Wildman–Crippen LogP) is 1.01. The van der Waals surface area contributed by atoms with Crippen LogP contribution in [0.2, 0.25) is 0 Å². The number of carbonyl (C=O) groups is 1. The smallest absolute Gasteiger partial charge is 0.336 e. The molecule has 0 bridgehead atoms. The third kappa shape index (κ3) is 2.17. The second kappa shape index (κ2) is 3.12. The van der Waals surface area contributed by atoms with Crippen LogP contribution in [0.15, 0.2) is 11.3 Å². The number of carbonyl (C=O) groups excluding carboxylic acids is 1. The van der Waals surface area contributed by atoms with Gasteiger partial charge in [-0.05, 0) is 13.8 Å². The summed E-state index contributed by atoms with van der Waals surface area (Å²) in [7, 11) is 1.27. The Labute approximate surface area is 53.9 Å². The van der Waals surface area contributed by atoms with E-state index in [1.165, 1.54) is 21.0 Å². The van der Waals surface area contributed by atoms with Crippen LogP contribution < -0.4 is 0 Å². The Bertz CT molecular complexity index is 142. The van der Waals surface area contributed by atoms with Crippen molar-refractivity contribution in [1.29, 1.82) is 0 Å². The van der Waals surface area contributed by atoms with E-state index in [1.807, 2.05) is 0 Å². The summed E-state index contributed by atoms with van der Waals surface area (Å²) in [5, 5.41) is 8.70. The molecule has 3 nitrogen and oxygen atoms in total. The van der Waals surface area contributed by atoms with Crippen LogP contribution in [-0.2, 0) is 9.53 Å². The molecule has 3 heteroatoms. The quantitative estimate of drug-likeness (QED) is 0.327. The van der Waals surface area contributed by atoms with E-state index in [0.717, 1.165) is 0 Å². The Hall–Kier alpha value is -0.990. The zero-order chi connectivity index (χ0) is 7.44. The van der Waals surface area contributed by atoms with E-state index < -0.39 is 5.97 Å². The normalized spacial score (nSPS) is 12.3. The fourth-order valence-corrected chi connectivity index (χ4v) is 0.301. The molecular formula is C6H10O3. The average Bonchev–Trinajstić information content (AvgIpc) is 1.84. The maximum absolute atomic E-state index is 10.5. The summed E-state index contributed by atoms with van der Waals surface area (Å²) >= 11 is 0. The number of esters is 1.